The van der Waals surface area contributed by atoms with Crippen molar-refractivity contribution >= 4 is 21.8 Å². The summed E-state index contributed by atoms with van der Waals surface area (Å²) in [6.45, 7) is 0.139. The highest BCUT2D eigenvalue weighted by Crippen LogP contribution is 2.21. The Morgan fingerprint density at radius 3 is 2.59 bits per heavy atom. The van der Waals surface area contributed by atoms with Crippen LogP contribution >= 0.6 is 0 Å². The number of rotatable bonds is 5. The highest BCUT2D eigenvalue weighted by atomic mass is 32.2. The van der Waals surface area contributed by atoms with Crippen LogP contribution in [0.2, 0.25) is 0 Å². The standard InChI is InChI=1S/C11H14FNO3S/c1-13(6-7-17(2,15)16)11-9(8-14)4-3-5-10(11)12/h3-5,8H,6-7H2,1-2H3. The van der Waals surface area contributed by atoms with Crippen molar-refractivity contribution in [1.29, 1.82) is 0 Å². The van der Waals surface area contributed by atoms with E-state index in [2.05, 4.69) is 0 Å². The van der Waals surface area contributed by atoms with E-state index in [9.17, 15) is 17.6 Å². The van der Waals surface area contributed by atoms with Gasteiger partial charge in [0.25, 0.3) is 0 Å². The van der Waals surface area contributed by atoms with Gasteiger partial charge in [0.15, 0.2) is 6.29 Å². The Balaban J connectivity index is 2.95. The molecule has 0 heterocycles. The molecule has 0 N–H and O–H groups in total. The normalized spacial score (nSPS) is 11.2. The Morgan fingerprint density at radius 2 is 2.06 bits per heavy atom. The molecule has 0 aliphatic heterocycles. The number of anilines is 1. The van der Waals surface area contributed by atoms with Gasteiger partial charge in [0.05, 0.1) is 11.4 Å². The van der Waals surface area contributed by atoms with Gasteiger partial charge in [0.2, 0.25) is 0 Å². The largest absolute Gasteiger partial charge is 0.371 e. The van der Waals surface area contributed by atoms with Crippen LogP contribution < -0.4 is 4.90 Å². The van der Waals surface area contributed by atoms with Gasteiger partial charge >= 0.3 is 0 Å². The van der Waals surface area contributed by atoms with Crippen molar-refractivity contribution in [2.75, 3.05) is 30.5 Å². The first-order chi connectivity index (χ1) is 7.85. The molecule has 0 radical (unpaired) electrons. The van der Waals surface area contributed by atoms with Crippen molar-refractivity contribution in [1.82, 2.24) is 0 Å². The molecule has 0 amide bonds. The number of benzene rings is 1. The van der Waals surface area contributed by atoms with Gasteiger partial charge in [0.1, 0.15) is 15.7 Å². The molecule has 0 unspecified atom stereocenters. The second-order valence-electron chi connectivity index (χ2n) is 3.85. The molecule has 17 heavy (non-hydrogen) atoms. The summed E-state index contributed by atoms with van der Waals surface area (Å²) in [7, 11) is -1.56. The zero-order valence-corrected chi connectivity index (χ0v) is 10.5. The number of sulfone groups is 1. The Bertz CT molecular complexity index is 513. The fourth-order valence-electron chi connectivity index (χ4n) is 1.44. The second-order valence-corrected chi connectivity index (χ2v) is 6.11. The zero-order chi connectivity index (χ0) is 13.1. The average molecular weight is 259 g/mol. The Hall–Kier alpha value is -1.43. The molecule has 0 fully saturated rings. The van der Waals surface area contributed by atoms with Crippen molar-refractivity contribution in [3.05, 3.63) is 29.6 Å². The van der Waals surface area contributed by atoms with Gasteiger partial charge in [-0.1, -0.05) is 6.07 Å². The number of halogens is 1. The maximum absolute atomic E-state index is 13.6. The van der Waals surface area contributed by atoms with Crippen molar-refractivity contribution in [2.45, 2.75) is 0 Å². The van der Waals surface area contributed by atoms with E-state index in [1.165, 1.54) is 23.1 Å². The van der Waals surface area contributed by atoms with Crippen molar-refractivity contribution in [3.63, 3.8) is 0 Å². The topological polar surface area (TPSA) is 54.5 Å². The number of para-hydroxylation sites is 1. The molecular formula is C11H14FNO3S. The van der Waals surface area contributed by atoms with Crippen LogP contribution in [-0.4, -0.2) is 40.3 Å². The minimum atomic E-state index is -3.11. The molecule has 0 atom stereocenters. The lowest BCUT2D eigenvalue weighted by Crippen LogP contribution is -2.26. The first-order valence-corrected chi connectivity index (χ1v) is 7.04. The summed E-state index contributed by atoms with van der Waals surface area (Å²) in [6, 6.07) is 4.16. The zero-order valence-electron chi connectivity index (χ0n) is 9.68. The molecule has 0 aromatic heterocycles. The lowest BCUT2D eigenvalue weighted by Gasteiger charge is -2.20. The van der Waals surface area contributed by atoms with Crippen LogP contribution in [0, 0.1) is 5.82 Å². The number of carbonyl (C=O) groups is 1. The van der Waals surface area contributed by atoms with Crippen LogP contribution in [0.5, 0.6) is 0 Å². The van der Waals surface area contributed by atoms with Gasteiger partial charge in [-0.15, -0.1) is 0 Å². The summed E-state index contributed by atoms with van der Waals surface area (Å²) in [4.78, 5) is 12.2. The number of hydrogen-bond donors (Lipinski definition) is 0. The average Bonchev–Trinajstić information content (AvgIpc) is 2.24. The highest BCUT2D eigenvalue weighted by Gasteiger charge is 2.14. The maximum atomic E-state index is 13.6. The third kappa shape index (κ3) is 3.81. The van der Waals surface area contributed by atoms with Gasteiger partial charge in [-0.2, -0.15) is 0 Å². The second kappa shape index (κ2) is 5.27. The lowest BCUT2D eigenvalue weighted by atomic mass is 10.1. The molecule has 0 saturated heterocycles. The maximum Gasteiger partial charge on any atom is 0.152 e. The SMILES string of the molecule is CN(CCS(C)(=O)=O)c1c(F)cccc1C=O. The van der Waals surface area contributed by atoms with E-state index in [1.54, 1.807) is 7.05 Å². The molecule has 1 aromatic rings. The summed E-state index contributed by atoms with van der Waals surface area (Å²) >= 11 is 0. The Morgan fingerprint density at radius 1 is 1.41 bits per heavy atom. The van der Waals surface area contributed by atoms with E-state index in [-0.39, 0.29) is 23.5 Å². The van der Waals surface area contributed by atoms with Crippen LogP contribution in [0.3, 0.4) is 0 Å². The monoisotopic (exact) mass is 259 g/mol. The van der Waals surface area contributed by atoms with Gasteiger partial charge in [-0.3, -0.25) is 4.79 Å². The van der Waals surface area contributed by atoms with Gasteiger partial charge in [-0.25, -0.2) is 12.8 Å². The summed E-state index contributed by atoms with van der Waals surface area (Å²) < 4.78 is 35.6. The molecule has 1 rings (SSSR count). The predicted octanol–water partition coefficient (Wildman–Crippen LogP) is 1.12. The summed E-state index contributed by atoms with van der Waals surface area (Å²) in [5.74, 6) is -0.624. The molecule has 94 valence electrons. The van der Waals surface area contributed by atoms with E-state index in [1.807, 2.05) is 0 Å². The van der Waals surface area contributed by atoms with Crippen molar-refractivity contribution in [3.8, 4) is 0 Å². The Kier molecular flexibility index (Phi) is 4.22. The van der Waals surface area contributed by atoms with E-state index in [0.29, 0.717) is 6.29 Å². The first kappa shape index (κ1) is 13.6. The molecule has 0 bridgehead atoms. The number of aldehydes is 1. The van der Waals surface area contributed by atoms with Crippen LogP contribution in [-0.2, 0) is 9.84 Å². The van der Waals surface area contributed by atoms with Crippen LogP contribution in [0.1, 0.15) is 10.4 Å². The van der Waals surface area contributed by atoms with E-state index in [0.717, 1.165) is 6.26 Å². The number of hydrogen-bond acceptors (Lipinski definition) is 4. The summed E-state index contributed by atoms with van der Waals surface area (Å²) in [6.07, 6.45) is 1.66. The van der Waals surface area contributed by atoms with Crippen LogP contribution in [0.4, 0.5) is 10.1 Å². The molecule has 4 nitrogen and oxygen atoms in total. The molecule has 6 heteroatoms. The highest BCUT2D eigenvalue weighted by molar-refractivity contribution is 7.90. The number of nitrogens with zero attached hydrogens (tertiary/aromatic N) is 1. The van der Waals surface area contributed by atoms with E-state index >= 15 is 0 Å². The molecular weight excluding hydrogens is 245 g/mol. The fourth-order valence-corrected chi connectivity index (χ4v) is 2.05. The Labute approximate surface area is 100.0 Å². The van der Waals surface area contributed by atoms with Crippen LogP contribution in [0.15, 0.2) is 18.2 Å². The molecule has 1 aromatic carbocycles. The molecule has 0 spiro atoms. The third-order valence-corrected chi connectivity index (χ3v) is 3.25. The van der Waals surface area contributed by atoms with E-state index < -0.39 is 15.7 Å². The molecule has 0 saturated carbocycles. The molecule has 0 aliphatic carbocycles. The van der Waals surface area contributed by atoms with Crippen LogP contribution in [0.25, 0.3) is 0 Å². The molecule has 0 aliphatic rings. The van der Waals surface area contributed by atoms with Crippen molar-refractivity contribution in [2.24, 2.45) is 0 Å². The quantitative estimate of drug-likeness (QED) is 0.744. The first-order valence-electron chi connectivity index (χ1n) is 4.97. The van der Waals surface area contributed by atoms with Gasteiger partial charge < -0.3 is 4.90 Å². The van der Waals surface area contributed by atoms with E-state index in [4.69, 9.17) is 0 Å². The minimum absolute atomic E-state index is 0.0872. The third-order valence-electron chi connectivity index (χ3n) is 2.32. The number of carbonyl (C=O) groups excluding carboxylic acids is 1. The fraction of sp³-hybridized carbons (Fsp3) is 0.364. The van der Waals surface area contributed by atoms with Gasteiger partial charge in [0, 0.05) is 25.4 Å². The van der Waals surface area contributed by atoms with Crippen molar-refractivity contribution < 1.29 is 17.6 Å². The summed E-state index contributed by atoms with van der Waals surface area (Å²) in [5, 5.41) is 0. The van der Waals surface area contributed by atoms with Gasteiger partial charge in [-0.05, 0) is 12.1 Å². The lowest BCUT2D eigenvalue weighted by molar-refractivity contribution is 0.112. The smallest absolute Gasteiger partial charge is 0.152 e. The summed E-state index contributed by atoms with van der Waals surface area (Å²) in [5.41, 5.74) is 0.340. The predicted molar refractivity (Wildman–Crippen MR) is 64.8 cm³/mol. The minimum Gasteiger partial charge on any atom is -0.371 e.